The number of benzene rings is 2. The van der Waals surface area contributed by atoms with E-state index >= 15 is 0 Å². The zero-order valence-corrected chi connectivity index (χ0v) is 11.6. The minimum absolute atomic E-state index is 0.0917. The van der Waals surface area contributed by atoms with Crippen molar-refractivity contribution in [1.29, 1.82) is 0 Å². The van der Waals surface area contributed by atoms with Gasteiger partial charge in [0.25, 0.3) is 0 Å². The van der Waals surface area contributed by atoms with Gasteiger partial charge in [0.05, 0.1) is 18.0 Å². The first-order valence-corrected chi connectivity index (χ1v) is 6.55. The van der Waals surface area contributed by atoms with Crippen molar-refractivity contribution in [2.75, 3.05) is 17.2 Å². The van der Waals surface area contributed by atoms with Gasteiger partial charge in [-0.3, -0.25) is 4.79 Å². The molecule has 0 aliphatic rings. The first-order valence-electron chi connectivity index (χ1n) is 6.55. The highest BCUT2D eigenvalue weighted by molar-refractivity contribution is 5.93. The van der Waals surface area contributed by atoms with Gasteiger partial charge in [0, 0.05) is 12.6 Å². The highest BCUT2D eigenvalue weighted by atomic mass is 16.5. The second kappa shape index (κ2) is 6.61. The summed E-state index contributed by atoms with van der Waals surface area (Å²) < 4.78 is 5.40. The minimum atomic E-state index is -0.0917. The van der Waals surface area contributed by atoms with Gasteiger partial charge < -0.3 is 15.4 Å². The summed E-state index contributed by atoms with van der Waals surface area (Å²) in [6, 6.07) is 15.3. The summed E-state index contributed by atoms with van der Waals surface area (Å²) in [4.78, 5) is 11.2. The standard InChI is InChI=1S/C16H18N2O2/c1-3-20-14-10-8-13(9-11-14)18-16-7-5-4-6-15(16)17-12(2)19/h4-11,18H,3H2,1-2H3,(H,17,19). The normalized spacial score (nSPS) is 9.90. The summed E-state index contributed by atoms with van der Waals surface area (Å²) in [6.45, 7) is 4.10. The number of amides is 1. The van der Waals surface area contributed by atoms with Gasteiger partial charge in [-0.1, -0.05) is 12.1 Å². The molecule has 0 saturated heterocycles. The quantitative estimate of drug-likeness (QED) is 0.869. The summed E-state index contributed by atoms with van der Waals surface area (Å²) in [6.07, 6.45) is 0. The average molecular weight is 270 g/mol. The molecule has 0 aliphatic carbocycles. The Morgan fingerprint density at radius 2 is 1.70 bits per heavy atom. The number of rotatable bonds is 5. The number of nitrogens with one attached hydrogen (secondary N) is 2. The van der Waals surface area contributed by atoms with Crippen molar-refractivity contribution in [3.05, 3.63) is 48.5 Å². The summed E-state index contributed by atoms with van der Waals surface area (Å²) >= 11 is 0. The molecule has 0 heterocycles. The molecule has 0 fully saturated rings. The SMILES string of the molecule is CCOc1ccc(Nc2ccccc2NC(C)=O)cc1. The lowest BCUT2D eigenvalue weighted by molar-refractivity contribution is -0.114. The molecule has 0 aromatic heterocycles. The maximum atomic E-state index is 11.2. The Balaban J connectivity index is 2.15. The highest BCUT2D eigenvalue weighted by Gasteiger charge is 2.03. The van der Waals surface area contributed by atoms with Crippen molar-refractivity contribution >= 4 is 23.0 Å². The van der Waals surface area contributed by atoms with Gasteiger partial charge in [-0.05, 0) is 43.3 Å². The molecule has 0 saturated carbocycles. The van der Waals surface area contributed by atoms with Gasteiger partial charge in [0.2, 0.25) is 5.91 Å². The Morgan fingerprint density at radius 1 is 1.05 bits per heavy atom. The van der Waals surface area contributed by atoms with Crippen LogP contribution in [0.2, 0.25) is 0 Å². The van der Waals surface area contributed by atoms with E-state index in [1.54, 1.807) is 0 Å². The van der Waals surface area contributed by atoms with Crippen molar-refractivity contribution in [2.45, 2.75) is 13.8 Å². The van der Waals surface area contributed by atoms with Gasteiger partial charge in [-0.25, -0.2) is 0 Å². The molecular weight excluding hydrogens is 252 g/mol. The van der Waals surface area contributed by atoms with E-state index in [1.807, 2.05) is 55.5 Å². The third kappa shape index (κ3) is 3.75. The second-order valence-electron chi connectivity index (χ2n) is 4.31. The number of carbonyl (C=O) groups is 1. The molecule has 0 spiro atoms. The zero-order valence-electron chi connectivity index (χ0n) is 11.6. The first-order chi connectivity index (χ1) is 9.69. The molecule has 0 atom stereocenters. The van der Waals surface area contributed by atoms with Crippen LogP contribution in [0, 0.1) is 0 Å². The molecule has 4 heteroatoms. The molecular formula is C16H18N2O2. The number of para-hydroxylation sites is 2. The van der Waals surface area contributed by atoms with Gasteiger partial charge in [0.15, 0.2) is 0 Å². The van der Waals surface area contributed by atoms with Crippen LogP contribution in [-0.4, -0.2) is 12.5 Å². The van der Waals surface area contributed by atoms with E-state index in [2.05, 4.69) is 10.6 Å². The number of carbonyl (C=O) groups excluding carboxylic acids is 1. The smallest absolute Gasteiger partial charge is 0.221 e. The molecule has 4 nitrogen and oxygen atoms in total. The monoisotopic (exact) mass is 270 g/mol. The molecule has 0 bridgehead atoms. The first kappa shape index (κ1) is 13.9. The predicted molar refractivity (Wildman–Crippen MR) is 81.6 cm³/mol. The van der Waals surface area contributed by atoms with Crippen molar-refractivity contribution in [2.24, 2.45) is 0 Å². The van der Waals surface area contributed by atoms with Gasteiger partial charge in [-0.2, -0.15) is 0 Å². The molecule has 2 aromatic carbocycles. The molecule has 1 amide bonds. The van der Waals surface area contributed by atoms with E-state index in [4.69, 9.17) is 4.74 Å². The Kier molecular flexibility index (Phi) is 4.60. The zero-order chi connectivity index (χ0) is 14.4. The maximum Gasteiger partial charge on any atom is 0.221 e. The molecule has 2 aromatic rings. The lowest BCUT2D eigenvalue weighted by atomic mass is 10.2. The van der Waals surface area contributed by atoms with E-state index in [-0.39, 0.29) is 5.91 Å². The summed E-state index contributed by atoms with van der Waals surface area (Å²) in [5.41, 5.74) is 2.55. The Morgan fingerprint density at radius 3 is 2.30 bits per heavy atom. The average Bonchev–Trinajstić information content (AvgIpc) is 2.43. The molecule has 0 unspecified atom stereocenters. The van der Waals surface area contributed by atoms with Crippen LogP contribution in [0.3, 0.4) is 0 Å². The molecule has 104 valence electrons. The van der Waals surface area contributed by atoms with Crippen LogP contribution in [0.1, 0.15) is 13.8 Å². The van der Waals surface area contributed by atoms with Gasteiger partial charge in [0.1, 0.15) is 5.75 Å². The number of ether oxygens (including phenoxy) is 1. The predicted octanol–water partition coefficient (Wildman–Crippen LogP) is 3.79. The van der Waals surface area contributed by atoms with Crippen LogP contribution >= 0.6 is 0 Å². The summed E-state index contributed by atoms with van der Waals surface area (Å²) in [5, 5.41) is 6.08. The molecule has 0 aliphatic heterocycles. The van der Waals surface area contributed by atoms with E-state index in [9.17, 15) is 4.79 Å². The molecule has 2 N–H and O–H groups in total. The van der Waals surface area contributed by atoms with Crippen LogP contribution in [-0.2, 0) is 4.79 Å². The fourth-order valence-corrected chi connectivity index (χ4v) is 1.85. The van der Waals surface area contributed by atoms with Crippen molar-refractivity contribution in [3.63, 3.8) is 0 Å². The fourth-order valence-electron chi connectivity index (χ4n) is 1.85. The molecule has 20 heavy (non-hydrogen) atoms. The lowest BCUT2D eigenvalue weighted by Gasteiger charge is -2.12. The third-order valence-electron chi connectivity index (χ3n) is 2.68. The molecule has 2 rings (SSSR count). The van der Waals surface area contributed by atoms with E-state index < -0.39 is 0 Å². The Hall–Kier alpha value is -2.49. The van der Waals surface area contributed by atoms with Crippen molar-refractivity contribution in [1.82, 2.24) is 0 Å². The van der Waals surface area contributed by atoms with Crippen LogP contribution in [0.5, 0.6) is 5.75 Å². The topological polar surface area (TPSA) is 50.4 Å². The highest BCUT2D eigenvalue weighted by Crippen LogP contribution is 2.26. The van der Waals surface area contributed by atoms with Crippen molar-refractivity contribution in [3.8, 4) is 5.75 Å². The third-order valence-corrected chi connectivity index (χ3v) is 2.68. The van der Waals surface area contributed by atoms with Crippen LogP contribution < -0.4 is 15.4 Å². The number of hydrogen-bond donors (Lipinski definition) is 2. The van der Waals surface area contributed by atoms with Crippen LogP contribution in [0.4, 0.5) is 17.1 Å². The van der Waals surface area contributed by atoms with Gasteiger partial charge >= 0.3 is 0 Å². The largest absolute Gasteiger partial charge is 0.494 e. The number of hydrogen-bond acceptors (Lipinski definition) is 3. The lowest BCUT2D eigenvalue weighted by Crippen LogP contribution is -2.07. The number of anilines is 3. The van der Waals surface area contributed by atoms with E-state index in [1.165, 1.54) is 6.92 Å². The minimum Gasteiger partial charge on any atom is -0.494 e. The van der Waals surface area contributed by atoms with Gasteiger partial charge in [-0.15, -0.1) is 0 Å². The molecule has 0 radical (unpaired) electrons. The summed E-state index contributed by atoms with van der Waals surface area (Å²) in [5.74, 6) is 0.749. The Bertz CT molecular complexity index is 579. The van der Waals surface area contributed by atoms with Crippen LogP contribution in [0.25, 0.3) is 0 Å². The second-order valence-corrected chi connectivity index (χ2v) is 4.31. The maximum absolute atomic E-state index is 11.2. The van der Waals surface area contributed by atoms with Crippen molar-refractivity contribution < 1.29 is 9.53 Å². The fraction of sp³-hybridized carbons (Fsp3) is 0.188. The van der Waals surface area contributed by atoms with E-state index in [0.29, 0.717) is 6.61 Å². The Labute approximate surface area is 118 Å². The van der Waals surface area contributed by atoms with E-state index in [0.717, 1.165) is 22.8 Å². The summed E-state index contributed by atoms with van der Waals surface area (Å²) in [7, 11) is 0. The van der Waals surface area contributed by atoms with Crippen LogP contribution in [0.15, 0.2) is 48.5 Å².